The van der Waals surface area contributed by atoms with Gasteiger partial charge in [-0.25, -0.2) is 4.98 Å². The first kappa shape index (κ1) is 22.7. The summed E-state index contributed by atoms with van der Waals surface area (Å²) in [5, 5.41) is 0.669. The maximum absolute atomic E-state index is 13.2. The third-order valence-corrected chi connectivity index (χ3v) is 5.74. The summed E-state index contributed by atoms with van der Waals surface area (Å²) >= 11 is 5.96. The minimum atomic E-state index is 0.0460. The summed E-state index contributed by atoms with van der Waals surface area (Å²) < 4.78 is 5.87. The molecule has 0 unspecified atom stereocenters. The molecule has 0 saturated carbocycles. The second-order valence-electron chi connectivity index (χ2n) is 7.91. The highest BCUT2D eigenvalue weighted by Crippen LogP contribution is 2.23. The molecule has 0 N–H and O–H groups in total. The zero-order valence-corrected chi connectivity index (χ0v) is 19.3. The van der Waals surface area contributed by atoms with Crippen molar-refractivity contribution in [1.29, 1.82) is 0 Å². The maximum Gasteiger partial charge on any atom is 0.223 e. The van der Waals surface area contributed by atoms with Gasteiger partial charge in [-0.15, -0.1) is 0 Å². The Morgan fingerprint density at radius 2 is 1.67 bits per heavy atom. The van der Waals surface area contributed by atoms with Crippen molar-refractivity contribution in [3.8, 4) is 11.3 Å². The van der Waals surface area contributed by atoms with Crippen LogP contribution in [-0.2, 0) is 30.7 Å². The quantitative estimate of drug-likeness (QED) is 0.303. The van der Waals surface area contributed by atoms with Crippen LogP contribution in [0.15, 0.2) is 83.7 Å². The number of pyridine rings is 1. The fraction of sp³-hybridized carbons (Fsp3) is 0.222. The average molecular weight is 460 g/mol. The zero-order chi connectivity index (χ0) is 23.0. The van der Waals surface area contributed by atoms with Crippen LogP contribution in [-0.4, -0.2) is 20.8 Å². The molecule has 168 valence electrons. The standard InChI is InChI=1S/C27H26ClN3O2/c1-2-20-5-7-21(8-6-20)18-31(19-22-4-3-15-29-16-22)27(32)14-13-26-30-17-25(33-26)23-9-11-24(28)12-10-23/h3-12,15-17H,2,13-14,18-19H2,1H3. The first-order chi connectivity index (χ1) is 16.1. The molecular weight excluding hydrogens is 434 g/mol. The monoisotopic (exact) mass is 459 g/mol. The number of carbonyl (C=O) groups is 1. The van der Waals surface area contributed by atoms with Crippen LogP contribution in [0.5, 0.6) is 0 Å². The van der Waals surface area contributed by atoms with E-state index < -0.39 is 0 Å². The Morgan fingerprint density at radius 3 is 2.36 bits per heavy atom. The van der Waals surface area contributed by atoms with Crippen LogP contribution in [0, 0.1) is 0 Å². The number of benzene rings is 2. The number of carbonyl (C=O) groups excluding carboxylic acids is 1. The van der Waals surface area contributed by atoms with Crippen LogP contribution in [0.4, 0.5) is 0 Å². The van der Waals surface area contributed by atoms with Gasteiger partial charge < -0.3 is 9.32 Å². The number of hydrogen-bond acceptors (Lipinski definition) is 4. The Morgan fingerprint density at radius 1 is 0.939 bits per heavy atom. The molecule has 0 radical (unpaired) electrons. The van der Waals surface area contributed by atoms with E-state index in [0.717, 1.165) is 23.1 Å². The fourth-order valence-corrected chi connectivity index (χ4v) is 3.72. The van der Waals surface area contributed by atoms with Crippen LogP contribution < -0.4 is 0 Å². The highest BCUT2D eigenvalue weighted by atomic mass is 35.5. The van der Waals surface area contributed by atoms with Crippen molar-refractivity contribution in [2.45, 2.75) is 39.3 Å². The van der Waals surface area contributed by atoms with E-state index in [0.29, 0.717) is 42.6 Å². The lowest BCUT2D eigenvalue weighted by Crippen LogP contribution is -2.30. The summed E-state index contributed by atoms with van der Waals surface area (Å²) in [6.45, 7) is 3.18. The molecular formula is C27H26ClN3O2. The number of aromatic nitrogens is 2. The molecule has 1 amide bonds. The van der Waals surface area contributed by atoms with Crippen molar-refractivity contribution >= 4 is 17.5 Å². The van der Waals surface area contributed by atoms with E-state index in [2.05, 4.69) is 41.2 Å². The van der Waals surface area contributed by atoms with Crippen molar-refractivity contribution in [2.75, 3.05) is 0 Å². The molecule has 5 nitrogen and oxygen atoms in total. The Labute approximate surface area is 199 Å². The minimum absolute atomic E-state index is 0.0460. The summed E-state index contributed by atoms with van der Waals surface area (Å²) in [6.07, 6.45) is 6.96. The van der Waals surface area contributed by atoms with Crippen LogP contribution >= 0.6 is 11.6 Å². The molecule has 2 aromatic carbocycles. The van der Waals surface area contributed by atoms with Gasteiger partial charge in [-0.2, -0.15) is 0 Å². The molecule has 0 aliphatic rings. The largest absolute Gasteiger partial charge is 0.441 e. The lowest BCUT2D eigenvalue weighted by molar-refractivity contribution is -0.132. The fourth-order valence-electron chi connectivity index (χ4n) is 3.59. The SMILES string of the molecule is CCc1ccc(CN(Cc2cccnc2)C(=O)CCc2ncc(-c3ccc(Cl)cc3)o2)cc1. The highest BCUT2D eigenvalue weighted by molar-refractivity contribution is 6.30. The van der Waals surface area contributed by atoms with Crippen molar-refractivity contribution in [1.82, 2.24) is 14.9 Å². The van der Waals surface area contributed by atoms with Crippen molar-refractivity contribution in [3.05, 3.63) is 107 Å². The molecule has 6 heteroatoms. The molecule has 0 atom stereocenters. The second-order valence-corrected chi connectivity index (χ2v) is 8.34. The predicted molar refractivity (Wildman–Crippen MR) is 130 cm³/mol. The van der Waals surface area contributed by atoms with Crippen LogP contribution in [0.3, 0.4) is 0 Å². The third kappa shape index (κ3) is 6.30. The predicted octanol–water partition coefficient (Wildman–Crippen LogP) is 6.11. The normalized spacial score (nSPS) is 10.8. The second kappa shape index (κ2) is 10.9. The average Bonchev–Trinajstić information content (AvgIpc) is 3.33. The van der Waals surface area contributed by atoms with Gasteiger partial charge in [0.1, 0.15) is 0 Å². The Bertz CT molecular complexity index is 1170. The molecule has 33 heavy (non-hydrogen) atoms. The van der Waals surface area contributed by atoms with Gasteiger partial charge in [0, 0.05) is 48.9 Å². The van der Waals surface area contributed by atoms with Gasteiger partial charge in [0.25, 0.3) is 0 Å². The number of aryl methyl sites for hydroxylation is 2. The van der Waals surface area contributed by atoms with Gasteiger partial charge in [-0.3, -0.25) is 9.78 Å². The first-order valence-electron chi connectivity index (χ1n) is 11.1. The van der Waals surface area contributed by atoms with E-state index in [-0.39, 0.29) is 5.91 Å². The molecule has 0 aliphatic heterocycles. The van der Waals surface area contributed by atoms with E-state index >= 15 is 0 Å². The van der Waals surface area contributed by atoms with E-state index in [9.17, 15) is 4.79 Å². The van der Waals surface area contributed by atoms with Gasteiger partial charge in [0.15, 0.2) is 11.7 Å². The number of hydrogen-bond donors (Lipinski definition) is 0. The van der Waals surface area contributed by atoms with Gasteiger partial charge in [0.05, 0.1) is 6.20 Å². The smallest absolute Gasteiger partial charge is 0.223 e. The molecule has 0 bridgehead atoms. The van der Waals surface area contributed by atoms with Gasteiger partial charge in [-0.05, 0) is 53.4 Å². The first-order valence-corrected chi connectivity index (χ1v) is 11.4. The van der Waals surface area contributed by atoms with Crippen LogP contribution in [0.25, 0.3) is 11.3 Å². The summed E-state index contributed by atoms with van der Waals surface area (Å²) in [7, 11) is 0. The third-order valence-electron chi connectivity index (χ3n) is 5.49. The van der Waals surface area contributed by atoms with Gasteiger partial charge in [0.2, 0.25) is 5.91 Å². The Balaban J connectivity index is 1.43. The van der Waals surface area contributed by atoms with Crippen LogP contribution in [0.1, 0.15) is 35.9 Å². The van der Waals surface area contributed by atoms with E-state index in [1.165, 1.54) is 5.56 Å². The van der Waals surface area contributed by atoms with E-state index in [1.807, 2.05) is 41.3 Å². The van der Waals surface area contributed by atoms with Crippen molar-refractivity contribution < 1.29 is 9.21 Å². The molecule has 4 rings (SSSR count). The molecule has 0 spiro atoms. The zero-order valence-electron chi connectivity index (χ0n) is 18.6. The summed E-state index contributed by atoms with van der Waals surface area (Å²) in [6, 6.07) is 19.7. The number of oxazole rings is 1. The maximum atomic E-state index is 13.2. The molecule has 0 aliphatic carbocycles. The van der Waals surface area contributed by atoms with Crippen molar-refractivity contribution in [3.63, 3.8) is 0 Å². The van der Waals surface area contributed by atoms with E-state index in [1.54, 1.807) is 18.6 Å². The molecule has 2 aromatic heterocycles. The highest BCUT2D eigenvalue weighted by Gasteiger charge is 2.17. The molecule has 0 fully saturated rings. The topological polar surface area (TPSA) is 59.2 Å². The lowest BCUT2D eigenvalue weighted by atomic mass is 10.1. The molecule has 2 heterocycles. The number of nitrogens with zero attached hydrogens (tertiary/aromatic N) is 3. The summed E-state index contributed by atoms with van der Waals surface area (Å²) in [5.41, 5.74) is 4.28. The van der Waals surface area contributed by atoms with E-state index in [4.69, 9.17) is 16.0 Å². The van der Waals surface area contributed by atoms with Crippen molar-refractivity contribution in [2.24, 2.45) is 0 Å². The summed E-state index contributed by atoms with van der Waals surface area (Å²) in [4.78, 5) is 23.6. The lowest BCUT2D eigenvalue weighted by Gasteiger charge is -2.23. The number of amides is 1. The molecule has 0 saturated heterocycles. The van der Waals surface area contributed by atoms with Gasteiger partial charge >= 0.3 is 0 Å². The molecule has 4 aromatic rings. The minimum Gasteiger partial charge on any atom is -0.441 e. The number of halogens is 1. The Hall–Kier alpha value is -3.44. The van der Waals surface area contributed by atoms with Crippen LogP contribution in [0.2, 0.25) is 5.02 Å². The Kier molecular flexibility index (Phi) is 7.53. The van der Waals surface area contributed by atoms with Gasteiger partial charge in [-0.1, -0.05) is 48.9 Å². The number of rotatable bonds is 9. The summed E-state index contributed by atoms with van der Waals surface area (Å²) in [5.74, 6) is 1.25.